The number of hydrogen-bond donors (Lipinski definition) is 0. The summed E-state index contributed by atoms with van der Waals surface area (Å²) in [5.74, 6) is -2.88. The second-order valence-corrected chi connectivity index (χ2v) is 18.6. The van der Waals surface area contributed by atoms with Gasteiger partial charge in [-0.15, -0.1) is 0 Å². The number of Topliss-reactive ketones (excluding diaryl/α,β-unsaturated/α-hetero) is 1. The van der Waals surface area contributed by atoms with Gasteiger partial charge in [-0.3, -0.25) is 14.4 Å². The number of amides is 2. The number of imide groups is 1. The molecule has 0 N–H and O–H groups in total. The van der Waals surface area contributed by atoms with Crippen molar-refractivity contribution in [3.63, 3.8) is 0 Å². The van der Waals surface area contributed by atoms with Crippen molar-refractivity contribution in [2.75, 3.05) is 0 Å². The van der Waals surface area contributed by atoms with Crippen LogP contribution in [-0.2, 0) is 35.3 Å². The van der Waals surface area contributed by atoms with Crippen LogP contribution < -0.4 is 0 Å². The molecule has 72 heavy (non-hydrogen) atoms. The van der Waals surface area contributed by atoms with Gasteiger partial charge in [-0.2, -0.15) is 26.3 Å². The first-order valence-corrected chi connectivity index (χ1v) is 23.3. The number of rotatable bonds is 12. The molecule has 8 rings (SSSR count). The van der Waals surface area contributed by atoms with Gasteiger partial charge in [0.15, 0.2) is 17.4 Å². The summed E-state index contributed by atoms with van der Waals surface area (Å²) in [5, 5.41) is 12.9. The van der Waals surface area contributed by atoms with E-state index in [0.717, 1.165) is 41.3 Å². The number of alkyl halides is 6. The molecule has 0 bridgehead atoms. The minimum Gasteiger partial charge on any atom is -0.392 e. The molecule has 0 saturated heterocycles. The van der Waals surface area contributed by atoms with E-state index in [4.69, 9.17) is 65.8 Å². The van der Waals surface area contributed by atoms with Gasteiger partial charge in [-0.05, 0) is 91.4 Å². The number of oxime groups is 4. The van der Waals surface area contributed by atoms with Gasteiger partial charge in [0.05, 0.1) is 49.4 Å². The summed E-state index contributed by atoms with van der Waals surface area (Å²) in [7, 11) is 0. The molecule has 0 radical (unpaired) electrons. The summed E-state index contributed by atoms with van der Waals surface area (Å²) in [5.41, 5.74) is -3.12. The number of nitrogens with zero attached hydrogens (tertiary/aromatic N) is 5. The van der Waals surface area contributed by atoms with E-state index in [1.165, 1.54) is 24.3 Å². The molecule has 12 nitrogen and oxygen atoms in total. The number of ketones is 1. The third-order valence-corrected chi connectivity index (χ3v) is 13.4. The molecule has 0 aromatic heterocycles. The third-order valence-electron chi connectivity index (χ3n) is 12.3. The summed E-state index contributed by atoms with van der Waals surface area (Å²) >= 11 is 23.0. The van der Waals surface area contributed by atoms with Gasteiger partial charge in [0.25, 0.3) is 17.1 Å². The van der Waals surface area contributed by atoms with E-state index < -0.39 is 91.4 Å². The first kappa shape index (κ1) is 54.0. The molecular weight excluding hydrogens is 1050 g/mol. The summed E-state index contributed by atoms with van der Waals surface area (Å²) in [4.78, 5) is 58.7. The van der Waals surface area contributed by atoms with Crippen LogP contribution in [0.4, 0.5) is 35.1 Å². The molecule has 382 valence electrons. The highest BCUT2D eigenvalue weighted by molar-refractivity contribution is 6.35. The van der Waals surface area contributed by atoms with Crippen molar-refractivity contribution < 1.29 is 68.9 Å². The van der Waals surface area contributed by atoms with Gasteiger partial charge < -0.3 is 19.4 Å². The van der Waals surface area contributed by atoms with Gasteiger partial charge >= 0.3 is 12.4 Å². The molecule has 0 fully saturated rings. The molecule has 2 amide bonds. The van der Waals surface area contributed by atoms with E-state index in [-0.39, 0.29) is 47.3 Å². The van der Waals surface area contributed by atoms with Crippen LogP contribution in [0.3, 0.4) is 0 Å². The van der Waals surface area contributed by atoms with E-state index in [2.05, 4.69) is 20.6 Å². The zero-order valence-electron chi connectivity index (χ0n) is 38.1. The first-order valence-electron chi connectivity index (χ1n) is 21.8. The van der Waals surface area contributed by atoms with Gasteiger partial charge in [0, 0.05) is 47.9 Å². The Balaban J connectivity index is 0.000000212. The Morgan fingerprint density at radius 2 is 1.10 bits per heavy atom. The number of carbonyl (C=O) groups excluding carboxylic acids is 3. The fourth-order valence-electron chi connectivity index (χ4n) is 8.21. The molecule has 4 aromatic rings. The Morgan fingerprint density at radius 3 is 1.49 bits per heavy atom. The fraction of sp³-hybridized carbons (Fsp3) is 0.354. The molecule has 4 aliphatic heterocycles. The van der Waals surface area contributed by atoms with Crippen LogP contribution in [-0.4, -0.2) is 70.5 Å². The van der Waals surface area contributed by atoms with E-state index in [0.29, 0.717) is 47.2 Å². The van der Waals surface area contributed by atoms with Crippen LogP contribution in [0.2, 0.25) is 20.1 Å². The second kappa shape index (κ2) is 21.0. The van der Waals surface area contributed by atoms with Crippen molar-refractivity contribution in [3.05, 3.63) is 137 Å². The minimum atomic E-state index is -4.96. The van der Waals surface area contributed by atoms with Crippen LogP contribution >= 0.6 is 46.4 Å². The number of halogens is 12. The number of aryl methyl sites for hydroxylation is 2. The number of hydrogen-bond acceptors (Lipinski definition) is 11. The van der Waals surface area contributed by atoms with Crippen molar-refractivity contribution in [2.24, 2.45) is 20.6 Å². The summed E-state index contributed by atoms with van der Waals surface area (Å²) < 4.78 is 113. The van der Waals surface area contributed by atoms with Crippen LogP contribution in [0, 0.1) is 25.5 Å². The fourth-order valence-corrected chi connectivity index (χ4v) is 9.18. The quantitative estimate of drug-likeness (QED) is 0.0595. The second-order valence-electron chi connectivity index (χ2n) is 17.0. The summed E-state index contributed by atoms with van der Waals surface area (Å²) in [6, 6.07) is 12.1. The largest absolute Gasteiger partial charge is 0.435 e. The number of carbonyl (C=O) groups is 3. The summed E-state index contributed by atoms with van der Waals surface area (Å²) in [6.07, 6.45) is -9.81. The Kier molecular flexibility index (Phi) is 15.7. The molecule has 24 heteroatoms. The molecule has 4 heterocycles. The van der Waals surface area contributed by atoms with Gasteiger partial charge in [-0.25, -0.2) is 13.7 Å². The lowest BCUT2D eigenvalue weighted by Gasteiger charge is -2.29. The average molecular weight is 1090 g/mol. The standard InChI is InChI=1S/C24H19Cl2F4N3O4.C24H20Cl2F4N2O3/c1-3-15-9-20(36-31-15)33(11-34)22(35)16-5-4-13(6-12(16)2)19-10-23(37-32-19,24(28,29)30)14-7-17(25)21(27)18(26)8-14;1-3-15-9-16(34-31-15)10-21(33)17-5-4-13(6-12(17)2)20-11-23(35-32-20,24(28,29)30)14-7-18(25)22(27)19(26)8-14/h4-8,11,20H,3,9-10H2,1-2H3;4-8,16H,3,9-11H2,1-2H3/t20?,23-;16?,23-/m00/s1. The molecule has 2 unspecified atom stereocenters. The highest BCUT2D eigenvalue weighted by Crippen LogP contribution is 2.52. The topological polar surface area (TPSA) is 141 Å². The van der Waals surface area contributed by atoms with Gasteiger partial charge in [0.1, 0.15) is 6.10 Å². The molecular formula is C48H39Cl4F8N5O7. The summed E-state index contributed by atoms with van der Waals surface area (Å²) in [6.45, 7) is 7.07. The third kappa shape index (κ3) is 10.5. The Bertz CT molecular complexity index is 2920. The predicted molar refractivity (Wildman–Crippen MR) is 251 cm³/mol. The number of benzene rings is 4. The first-order chi connectivity index (χ1) is 33.9. The lowest BCUT2D eigenvalue weighted by Crippen LogP contribution is -2.42. The average Bonchev–Trinajstić information content (AvgIpc) is 4.17. The lowest BCUT2D eigenvalue weighted by atomic mass is 9.86. The van der Waals surface area contributed by atoms with Crippen molar-refractivity contribution in [3.8, 4) is 0 Å². The Labute approximate surface area is 425 Å². The predicted octanol–water partition coefficient (Wildman–Crippen LogP) is 13.3. The van der Waals surface area contributed by atoms with Crippen LogP contribution in [0.1, 0.15) is 113 Å². The van der Waals surface area contributed by atoms with Crippen LogP contribution in [0.15, 0.2) is 81.3 Å². The zero-order valence-corrected chi connectivity index (χ0v) is 41.1. The van der Waals surface area contributed by atoms with Crippen molar-refractivity contribution >= 4 is 87.4 Å². The van der Waals surface area contributed by atoms with Crippen molar-refractivity contribution in [2.45, 2.75) is 109 Å². The van der Waals surface area contributed by atoms with Crippen LogP contribution in [0.25, 0.3) is 0 Å². The van der Waals surface area contributed by atoms with E-state index in [1.54, 1.807) is 26.0 Å². The zero-order chi connectivity index (χ0) is 52.7. The van der Waals surface area contributed by atoms with Crippen molar-refractivity contribution in [1.29, 1.82) is 0 Å². The normalized spacial score (nSPS) is 21.5. The van der Waals surface area contributed by atoms with E-state index in [1.807, 2.05) is 13.8 Å². The molecule has 0 aliphatic carbocycles. The van der Waals surface area contributed by atoms with Gasteiger partial charge in [0.2, 0.25) is 12.6 Å². The maximum Gasteiger partial charge on any atom is 0.435 e. The smallest absolute Gasteiger partial charge is 0.392 e. The molecule has 4 atom stereocenters. The highest BCUT2D eigenvalue weighted by atomic mass is 35.5. The maximum absolute atomic E-state index is 14.3. The maximum atomic E-state index is 14.3. The highest BCUT2D eigenvalue weighted by Gasteiger charge is 2.64. The monoisotopic (exact) mass is 1090 g/mol. The molecule has 4 aromatic carbocycles. The molecule has 0 saturated carbocycles. The van der Waals surface area contributed by atoms with E-state index in [9.17, 15) is 49.5 Å². The van der Waals surface area contributed by atoms with Crippen molar-refractivity contribution in [1.82, 2.24) is 4.90 Å². The Hall–Kier alpha value is -5.83. The molecule has 0 spiro atoms. The Morgan fingerprint density at radius 1 is 0.667 bits per heavy atom. The molecule has 4 aliphatic rings. The lowest BCUT2D eigenvalue weighted by molar-refractivity contribution is -0.276. The van der Waals surface area contributed by atoms with Crippen LogP contribution in [0.5, 0.6) is 0 Å². The van der Waals surface area contributed by atoms with E-state index >= 15 is 0 Å². The SMILES string of the molecule is CCC1=NOC(CC(=O)c2ccc(C3=NO[C@@](c4cc(Cl)c(F)c(Cl)c4)(C(F)(F)F)C3)cc2C)C1.CCC1=NOC(N(C=O)C(=O)c2ccc(C3=NO[C@@](c4cc(Cl)c(F)c(Cl)c4)(C(F)(F)F)C3)cc2C)C1. The van der Waals surface area contributed by atoms with Gasteiger partial charge in [-0.1, -0.05) is 99.1 Å². The minimum absolute atomic E-state index is 0.0149.